The molecule has 5 nitrogen and oxygen atoms in total. The van der Waals surface area contributed by atoms with Gasteiger partial charge in [-0.05, 0) is 37.8 Å². The Labute approximate surface area is 141 Å². The minimum absolute atomic E-state index is 0.0386. The van der Waals surface area contributed by atoms with Crippen molar-refractivity contribution in [3.05, 3.63) is 40.5 Å². The van der Waals surface area contributed by atoms with Gasteiger partial charge in [-0.15, -0.1) is 0 Å². The maximum absolute atomic E-state index is 12.7. The van der Waals surface area contributed by atoms with Gasteiger partial charge < -0.3 is 15.6 Å². The van der Waals surface area contributed by atoms with Gasteiger partial charge in [-0.1, -0.05) is 31.0 Å². The molecule has 3 N–H and O–H groups in total. The summed E-state index contributed by atoms with van der Waals surface area (Å²) in [5.74, 6) is 0.803. The van der Waals surface area contributed by atoms with E-state index in [0.717, 1.165) is 42.2 Å². The van der Waals surface area contributed by atoms with Crippen LogP contribution in [0, 0.1) is 0 Å². The quantitative estimate of drug-likeness (QED) is 0.889. The molecule has 2 heterocycles. The maximum Gasteiger partial charge on any atom is 0.240 e. The number of imidazole rings is 1. The Morgan fingerprint density at radius 1 is 1.57 bits per heavy atom. The lowest BCUT2D eigenvalue weighted by molar-refractivity contribution is -0.135. The van der Waals surface area contributed by atoms with Crippen molar-refractivity contribution in [3.63, 3.8) is 0 Å². The van der Waals surface area contributed by atoms with Gasteiger partial charge in [-0.2, -0.15) is 0 Å². The highest BCUT2D eigenvalue weighted by Gasteiger charge is 2.43. The van der Waals surface area contributed by atoms with E-state index in [-0.39, 0.29) is 18.0 Å². The Morgan fingerprint density at radius 2 is 2.35 bits per heavy atom. The van der Waals surface area contributed by atoms with Crippen molar-refractivity contribution in [2.24, 2.45) is 5.73 Å². The molecule has 0 bridgehead atoms. The second-order valence-electron chi connectivity index (χ2n) is 6.36. The van der Waals surface area contributed by atoms with Crippen LogP contribution in [-0.2, 0) is 11.2 Å². The molecule has 3 atom stereocenters. The highest BCUT2D eigenvalue weighted by Crippen LogP contribution is 2.43. The van der Waals surface area contributed by atoms with Crippen LogP contribution in [0.15, 0.2) is 29.0 Å². The van der Waals surface area contributed by atoms with E-state index >= 15 is 0 Å². The average molecular weight is 335 g/mol. The number of nitrogens with one attached hydrogen (secondary N) is 1. The van der Waals surface area contributed by atoms with E-state index < -0.39 is 6.04 Å². The number of aromatic nitrogens is 2. The summed E-state index contributed by atoms with van der Waals surface area (Å²) < 4.78 is 0. The third-order valence-electron chi connectivity index (χ3n) is 4.52. The van der Waals surface area contributed by atoms with Crippen LogP contribution < -0.4 is 5.73 Å². The molecular formula is C17H23ClN4O. The van der Waals surface area contributed by atoms with Crippen LogP contribution in [0.5, 0.6) is 0 Å². The van der Waals surface area contributed by atoms with E-state index in [4.69, 9.17) is 17.3 Å². The first-order valence-corrected chi connectivity index (χ1v) is 8.56. The number of nitrogens with zero attached hydrogens (tertiary/aromatic N) is 2. The largest absolute Gasteiger partial charge is 0.344 e. The van der Waals surface area contributed by atoms with E-state index in [1.165, 1.54) is 5.57 Å². The van der Waals surface area contributed by atoms with Crippen molar-refractivity contribution in [3.8, 4) is 0 Å². The molecule has 0 spiro atoms. The molecule has 3 unspecified atom stereocenters. The molecule has 1 saturated heterocycles. The summed E-state index contributed by atoms with van der Waals surface area (Å²) in [4.78, 5) is 22.5. The van der Waals surface area contributed by atoms with Gasteiger partial charge in [-0.25, -0.2) is 4.98 Å². The molecule has 3 rings (SSSR count). The predicted octanol–water partition coefficient (Wildman–Crippen LogP) is 2.80. The average Bonchev–Trinajstić information content (AvgIpc) is 3.10. The van der Waals surface area contributed by atoms with Crippen molar-refractivity contribution in [2.45, 2.75) is 57.7 Å². The van der Waals surface area contributed by atoms with Crippen LogP contribution in [0.1, 0.15) is 50.7 Å². The Kier molecular flexibility index (Phi) is 4.60. The van der Waals surface area contributed by atoms with Crippen LogP contribution in [0.4, 0.5) is 0 Å². The lowest BCUT2D eigenvalue weighted by Crippen LogP contribution is -2.46. The maximum atomic E-state index is 12.7. The normalized spacial score (nSPS) is 25.0. The number of halogens is 1. The number of likely N-dealkylation sites (tertiary alicyclic amines) is 1. The Bertz CT molecular complexity index is 661. The van der Waals surface area contributed by atoms with Gasteiger partial charge in [-0.3, -0.25) is 4.79 Å². The highest BCUT2D eigenvalue weighted by atomic mass is 35.5. The minimum Gasteiger partial charge on any atom is -0.344 e. The molecule has 1 aliphatic heterocycles. The summed E-state index contributed by atoms with van der Waals surface area (Å²) in [6.07, 6.45) is 9.32. The fraction of sp³-hybridized carbons (Fsp3) is 0.529. The number of fused-ring (bicyclic) bond motifs is 1. The lowest BCUT2D eigenvalue weighted by Gasteiger charge is -2.31. The summed E-state index contributed by atoms with van der Waals surface area (Å²) in [6, 6.07) is -0.574. The molecular weight excluding hydrogens is 312 g/mol. The number of hydrogen-bond donors (Lipinski definition) is 2. The lowest BCUT2D eigenvalue weighted by atomic mass is 9.99. The minimum atomic E-state index is -0.525. The first-order valence-electron chi connectivity index (χ1n) is 8.19. The fourth-order valence-corrected chi connectivity index (χ4v) is 3.68. The molecule has 1 aromatic heterocycles. The molecule has 1 aromatic rings. The third-order valence-corrected chi connectivity index (χ3v) is 4.78. The van der Waals surface area contributed by atoms with E-state index in [1.54, 1.807) is 6.92 Å². The molecule has 0 radical (unpaired) electrons. The standard InChI is InChI=1S/C17H23ClN4O/c1-3-4-13-9-20-16(21-13)15-8-11-7-12(18)5-6-14(11)22(15)17(23)10(2)19/h5,7,9-10,14-15H,3-4,6,8,19H2,1-2H3,(H,20,21). The first-order chi connectivity index (χ1) is 11.0. The molecule has 1 aliphatic carbocycles. The zero-order valence-electron chi connectivity index (χ0n) is 13.6. The number of amides is 1. The van der Waals surface area contributed by atoms with Crippen molar-refractivity contribution >= 4 is 17.5 Å². The van der Waals surface area contributed by atoms with Gasteiger partial charge in [0, 0.05) is 16.9 Å². The molecule has 0 saturated carbocycles. The second kappa shape index (κ2) is 6.49. The van der Waals surface area contributed by atoms with Gasteiger partial charge in [0.15, 0.2) is 0 Å². The summed E-state index contributed by atoms with van der Waals surface area (Å²) in [7, 11) is 0. The molecule has 6 heteroatoms. The summed E-state index contributed by atoms with van der Waals surface area (Å²) in [6.45, 7) is 3.87. The van der Waals surface area contributed by atoms with Crippen molar-refractivity contribution in [1.82, 2.24) is 14.9 Å². The van der Waals surface area contributed by atoms with Crippen molar-refractivity contribution in [2.75, 3.05) is 0 Å². The smallest absolute Gasteiger partial charge is 0.240 e. The predicted molar refractivity (Wildman–Crippen MR) is 90.9 cm³/mol. The number of aromatic amines is 1. The Hall–Kier alpha value is -1.59. The summed E-state index contributed by atoms with van der Waals surface area (Å²) in [5.41, 5.74) is 8.17. The zero-order valence-corrected chi connectivity index (χ0v) is 14.3. The third kappa shape index (κ3) is 3.08. The van der Waals surface area contributed by atoms with Crippen LogP contribution in [-0.4, -0.2) is 32.9 Å². The van der Waals surface area contributed by atoms with Gasteiger partial charge in [0.1, 0.15) is 5.82 Å². The molecule has 23 heavy (non-hydrogen) atoms. The topological polar surface area (TPSA) is 75.0 Å². The SMILES string of the molecule is CCCc1cnc(C2CC3=CC(Cl)=CCC3N2C(=O)C(C)N)[nH]1. The van der Waals surface area contributed by atoms with Crippen LogP contribution in [0.25, 0.3) is 0 Å². The summed E-state index contributed by atoms with van der Waals surface area (Å²) >= 11 is 6.15. The molecule has 2 aliphatic rings. The van der Waals surface area contributed by atoms with Gasteiger partial charge >= 0.3 is 0 Å². The fourth-order valence-electron chi connectivity index (χ4n) is 3.45. The molecule has 0 aromatic carbocycles. The van der Waals surface area contributed by atoms with E-state index in [9.17, 15) is 4.79 Å². The molecule has 1 fully saturated rings. The van der Waals surface area contributed by atoms with Crippen LogP contribution in [0.2, 0.25) is 0 Å². The van der Waals surface area contributed by atoms with E-state index in [1.807, 2.05) is 23.2 Å². The number of carbonyl (C=O) groups is 1. The number of allylic oxidation sites excluding steroid dienone is 2. The monoisotopic (exact) mass is 334 g/mol. The Morgan fingerprint density at radius 3 is 3.04 bits per heavy atom. The van der Waals surface area contributed by atoms with Gasteiger partial charge in [0.05, 0.1) is 18.1 Å². The number of H-pyrrole nitrogens is 1. The number of aryl methyl sites for hydroxylation is 1. The first kappa shape index (κ1) is 16.3. The van der Waals surface area contributed by atoms with E-state index in [2.05, 4.69) is 16.9 Å². The highest BCUT2D eigenvalue weighted by molar-refractivity contribution is 6.31. The summed E-state index contributed by atoms with van der Waals surface area (Å²) in [5, 5.41) is 0.746. The molecule has 124 valence electrons. The molecule has 1 amide bonds. The number of hydrogen-bond acceptors (Lipinski definition) is 3. The number of nitrogens with two attached hydrogens (primary N) is 1. The van der Waals surface area contributed by atoms with Gasteiger partial charge in [0.2, 0.25) is 5.91 Å². The van der Waals surface area contributed by atoms with Gasteiger partial charge in [0.25, 0.3) is 0 Å². The van der Waals surface area contributed by atoms with Crippen LogP contribution in [0.3, 0.4) is 0 Å². The van der Waals surface area contributed by atoms with Crippen molar-refractivity contribution < 1.29 is 4.79 Å². The van der Waals surface area contributed by atoms with E-state index in [0.29, 0.717) is 0 Å². The van der Waals surface area contributed by atoms with Crippen LogP contribution >= 0.6 is 11.6 Å². The number of carbonyl (C=O) groups excluding carboxylic acids is 1. The second-order valence-corrected chi connectivity index (χ2v) is 6.79. The number of rotatable bonds is 4. The zero-order chi connectivity index (χ0) is 16.6. The van der Waals surface area contributed by atoms with Crippen molar-refractivity contribution in [1.29, 1.82) is 0 Å². The Balaban J connectivity index is 1.93.